The van der Waals surface area contributed by atoms with Crippen LogP contribution in [0.15, 0.2) is 42.5 Å². The summed E-state index contributed by atoms with van der Waals surface area (Å²) in [6.07, 6.45) is -0.969. The quantitative estimate of drug-likeness (QED) is 0.453. The molecule has 1 aliphatic rings. The molecule has 2 aromatic carbocycles. The van der Waals surface area contributed by atoms with Gasteiger partial charge in [-0.05, 0) is 49.6 Å². The van der Waals surface area contributed by atoms with Crippen LogP contribution in [0.5, 0.6) is 0 Å². The number of ether oxygens (including phenoxy) is 1. The lowest BCUT2D eigenvalue weighted by Crippen LogP contribution is -2.46. The minimum Gasteiger partial charge on any atom is -0.453 e. The first-order valence-corrected chi connectivity index (χ1v) is 9.01. The maximum absolute atomic E-state index is 12.5. The number of aryl methyl sites for hydroxylation is 2. The van der Waals surface area contributed by atoms with Crippen molar-refractivity contribution < 1.29 is 23.9 Å². The minimum atomic E-state index is -1.02. The summed E-state index contributed by atoms with van der Waals surface area (Å²) in [5.41, 5.74) is 3.51. The highest BCUT2D eigenvalue weighted by molar-refractivity contribution is 6.11. The molecule has 28 heavy (non-hydrogen) atoms. The molecule has 0 radical (unpaired) electrons. The average molecular weight is 379 g/mol. The minimum absolute atomic E-state index is 0.0479. The maximum Gasteiger partial charge on any atom is 0.326 e. The highest BCUT2D eigenvalue weighted by Gasteiger charge is 2.33. The number of benzene rings is 2. The summed E-state index contributed by atoms with van der Waals surface area (Å²) in [5, 5.41) is 0. The first kappa shape index (κ1) is 19.5. The number of amides is 2. The molecule has 0 spiro atoms. The summed E-state index contributed by atoms with van der Waals surface area (Å²) in [5.74, 6) is -2.13. The van der Waals surface area contributed by atoms with Gasteiger partial charge in [0.2, 0.25) is 11.7 Å². The number of hydrogen-bond acceptors (Lipinski definition) is 5. The van der Waals surface area contributed by atoms with E-state index in [0.29, 0.717) is 16.7 Å². The van der Waals surface area contributed by atoms with Gasteiger partial charge in [0.05, 0.1) is 6.42 Å². The fourth-order valence-corrected chi connectivity index (χ4v) is 3.11. The maximum atomic E-state index is 12.5. The van der Waals surface area contributed by atoms with Crippen LogP contribution in [0.2, 0.25) is 0 Å². The monoisotopic (exact) mass is 379 g/mol. The predicted molar refractivity (Wildman–Crippen MR) is 102 cm³/mol. The normalized spacial score (nSPS) is 14.5. The van der Waals surface area contributed by atoms with Gasteiger partial charge in [0, 0.05) is 11.1 Å². The van der Waals surface area contributed by atoms with Crippen molar-refractivity contribution >= 4 is 23.6 Å². The summed E-state index contributed by atoms with van der Waals surface area (Å²) in [6.45, 7) is 4.80. The highest BCUT2D eigenvalue weighted by Crippen LogP contribution is 2.20. The number of nitrogens with zero attached hydrogens (tertiary/aromatic N) is 1. The number of Topliss-reactive ketones (excluding diaryl/α,β-unsaturated/α-hetero) is 1. The largest absolute Gasteiger partial charge is 0.453 e. The molecule has 144 valence electrons. The highest BCUT2D eigenvalue weighted by atomic mass is 16.5. The van der Waals surface area contributed by atoms with Crippen LogP contribution in [0.25, 0.3) is 0 Å². The van der Waals surface area contributed by atoms with Crippen LogP contribution in [0.3, 0.4) is 0 Å². The Morgan fingerprint density at radius 1 is 1.07 bits per heavy atom. The van der Waals surface area contributed by atoms with E-state index in [4.69, 9.17) is 4.74 Å². The summed E-state index contributed by atoms with van der Waals surface area (Å²) in [4.78, 5) is 50.4. The number of rotatable bonds is 5. The van der Waals surface area contributed by atoms with E-state index in [0.717, 1.165) is 16.0 Å². The fourth-order valence-electron chi connectivity index (χ4n) is 3.11. The molecular formula is C22H21NO5. The Kier molecular flexibility index (Phi) is 5.40. The van der Waals surface area contributed by atoms with Gasteiger partial charge in [-0.25, -0.2) is 0 Å². The molecule has 0 saturated heterocycles. The van der Waals surface area contributed by atoms with Crippen molar-refractivity contribution in [3.63, 3.8) is 0 Å². The second-order valence-electron chi connectivity index (χ2n) is 6.91. The molecule has 2 aromatic rings. The van der Waals surface area contributed by atoms with E-state index in [2.05, 4.69) is 0 Å². The second-order valence-corrected chi connectivity index (χ2v) is 6.91. The van der Waals surface area contributed by atoms with E-state index in [9.17, 15) is 19.2 Å². The topological polar surface area (TPSA) is 80.8 Å². The molecular weight excluding hydrogens is 358 g/mol. The van der Waals surface area contributed by atoms with E-state index in [1.807, 2.05) is 19.9 Å². The molecule has 6 heteroatoms. The lowest BCUT2D eigenvalue weighted by molar-refractivity contribution is -0.150. The van der Waals surface area contributed by atoms with Gasteiger partial charge in [0.15, 0.2) is 6.10 Å². The Labute approximate surface area is 163 Å². The number of carbonyl (C=O) groups is 4. The molecule has 0 N–H and O–H groups in total. The Morgan fingerprint density at radius 3 is 2.50 bits per heavy atom. The van der Waals surface area contributed by atoms with Gasteiger partial charge in [-0.2, -0.15) is 0 Å². The third-order valence-electron chi connectivity index (χ3n) is 4.89. The fraction of sp³-hybridized carbons (Fsp3) is 0.273. The molecule has 6 nitrogen and oxygen atoms in total. The summed E-state index contributed by atoms with van der Waals surface area (Å²) in [7, 11) is 0. The molecule has 1 aliphatic heterocycles. The van der Waals surface area contributed by atoms with Gasteiger partial charge in [0.25, 0.3) is 5.91 Å². The average Bonchev–Trinajstić information content (AvgIpc) is 2.66. The van der Waals surface area contributed by atoms with Crippen LogP contribution in [-0.2, 0) is 20.7 Å². The molecule has 0 saturated carbocycles. The van der Waals surface area contributed by atoms with Gasteiger partial charge < -0.3 is 4.74 Å². The summed E-state index contributed by atoms with van der Waals surface area (Å²) < 4.78 is 5.19. The van der Waals surface area contributed by atoms with E-state index < -0.39 is 30.4 Å². The van der Waals surface area contributed by atoms with E-state index >= 15 is 0 Å². The van der Waals surface area contributed by atoms with Crippen LogP contribution in [-0.4, -0.2) is 41.1 Å². The van der Waals surface area contributed by atoms with Crippen molar-refractivity contribution in [1.29, 1.82) is 0 Å². The van der Waals surface area contributed by atoms with E-state index in [1.165, 1.54) is 6.92 Å². The zero-order valence-corrected chi connectivity index (χ0v) is 16.0. The van der Waals surface area contributed by atoms with Crippen molar-refractivity contribution in [3.05, 3.63) is 70.3 Å². The first-order valence-electron chi connectivity index (χ1n) is 9.01. The standard InChI is InChI=1S/C22H21NO5/c1-13-8-9-17(10-14(13)2)21(26)15(3)28-20(25)12-23-19(24)11-16-6-4-5-7-18(16)22(23)27/h4-10,15H,11-12H2,1-3H3/t15-/m1/s1. The Morgan fingerprint density at radius 2 is 1.79 bits per heavy atom. The lowest BCUT2D eigenvalue weighted by atomic mass is 9.98. The third kappa shape index (κ3) is 3.86. The van der Waals surface area contributed by atoms with Crippen LogP contribution >= 0.6 is 0 Å². The number of ketones is 1. The number of imide groups is 1. The Bertz CT molecular complexity index is 979. The number of esters is 1. The molecule has 0 bridgehead atoms. The zero-order chi connectivity index (χ0) is 20.4. The van der Waals surface area contributed by atoms with Crippen molar-refractivity contribution in [2.24, 2.45) is 0 Å². The summed E-state index contributed by atoms with van der Waals surface area (Å²) in [6, 6.07) is 12.1. The third-order valence-corrected chi connectivity index (χ3v) is 4.89. The van der Waals surface area contributed by atoms with Crippen molar-refractivity contribution in [2.45, 2.75) is 33.3 Å². The van der Waals surface area contributed by atoms with E-state index in [-0.39, 0.29) is 12.2 Å². The number of hydrogen-bond donors (Lipinski definition) is 0. The van der Waals surface area contributed by atoms with Gasteiger partial charge in [-0.1, -0.05) is 30.3 Å². The Balaban J connectivity index is 1.66. The number of fused-ring (bicyclic) bond motifs is 1. The molecule has 0 aliphatic carbocycles. The lowest BCUT2D eigenvalue weighted by Gasteiger charge is -2.26. The van der Waals surface area contributed by atoms with Crippen molar-refractivity contribution in [1.82, 2.24) is 4.90 Å². The van der Waals surface area contributed by atoms with Gasteiger partial charge in [-0.3, -0.25) is 24.1 Å². The second kappa shape index (κ2) is 7.76. The van der Waals surface area contributed by atoms with Crippen LogP contribution < -0.4 is 0 Å². The van der Waals surface area contributed by atoms with Gasteiger partial charge in [-0.15, -0.1) is 0 Å². The van der Waals surface area contributed by atoms with Crippen LogP contribution in [0.4, 0.5) is 0 Å². The van der Waals surface area contributed by atoms with Gasteiger partial charge in [0.1, 0.15) is 6.54 Å². The smallest absolute Gasteiger partial charge is 0.326 e. The molecule has 0 aromatic heterocycles. The molecule has 0 fully saturated rings. The van der Waals surface area contributed by atoms with Gasteiger partial charge >= 0.3 is 5.97 Å². The van der Waals surface area contributed by atoms with E-state index in [1.54, 1.807) is 36.4 Å². The van der Waals surface area contributed by atoms with Crippen molar-refractivity contribution in [3.8, 4) is 0 Å². The van der Waals surface area contributed by atoms with Crippen LogP contribution in [0.1, 0.15) is 44.3 Å². The molecule has 3 rings (SSSR count). The van der Waals surface area contributed by atoms with Crippen LogP contribution in [0, 0.1) is 13.8 Å². The molecule has 2 amide bonds. The molecule has 0 unspecified atom stereocenters. The summed E-state index contributed by atoms with van der Waals surface area (Å²) >= 11 is 0. The molecule has 1 atom stereocenters. The Hall–Kier alpha value is -3.28. The van der Waals surface area contributed by atoms with Crippen molar-refractivity contribution in [2.75, 3.05) is 6.54 Å². The molecule has 1 heterocycles. The first-order chi connectivity index (χ1) is 13.3. The number of carbonyl (C=O) groups excluding carboxylic acids is 4. The zero-order valence-electron chi connectivity index (χ0n) is 16.0. The predicted octanol–water partition coefficient (Wildman–Crippen LogP) is 2.64. The SMILES string of the molecule is Cc1ccc(C(=O)[C@@H](C)OC(=O)CN2C(=O)Cc3ccccc3C2=O)cc1C.